The zero-order valence-electron chi connectivity index (χ0n) is 17.9. The normalized spacial score (nSPS) is 14.0. The monoisotopic (exact) mass is 422 g/mol. The van der Waals surface area contributed by atoms with E-state index < -0.39 is 0 Å². The zero-order valence-corrected chi connectivity index (χ0v) is 18.7. The molecule has 0 amide bonds. The topological polar surface area (TPSA) is 61.2 Å². The molecule has 156 valence electrons. The van der Waals surface area contributed by atoms with Crippen LogP contribution in [-0.4, -0.2) is 20.2 Å². The maximum absolute atomic E-state index is 5.73. The molecular weight excluding hydrogens is 394 g/mol. The summed E-state index contributed by atoms with van der Waals surface area (Å²) in [5.74, 6) is 1.82. The van der Waals surface area contributed by atoms with Crippen LogP contribution in [-0.2, 0) is 18.6 Å². The minimum atomic E-state index is -0.222. The zero-order chi connectivity index (χ0) is 21.1. The number of aryl methyl sites for hydroxylation is 1. The van der Waals surface area contributed by atoms with Crippen LogP contribution in [0.25, 0.3) is 0 Å². The Morgan fingerprint density at radius 3 is 2.50 bits per heavy atom. The van der Waals surface area contributed by atoms with Gasteiger partial charge in [0.1, 0.15) is 13.1 Å². The van der Waals surface area contributed by atoms with Crippen LogP contribution in [0.5, 0.6) is 0 Å². The number of benzene rings is 1. The molecule has 0 fully saturated rings. The molecule has 7 heteroatoms. The Kier molecular flexibility index (Phi) is 5.83. The molecule has 0 spiro atoms. The van der Waals surface area contributed by atoms with Gasteiger partial charge in [0.05, 0.1) is 16.7 Å². The van der Waals surface area contributed by atoms with Gasteiger partial charge in [-0.2, -0.15) is 0 Å². The first-order valence-corrected chi connectivity index (χ1v) is 11.0. The van der Waals surface area contributed by atoms with Gasteiger partial charge in [-0.3, -0.25) is 0 Å². The number of thiophene rings is 1. The largest absolute Gasteiger partial charge is 0.463 e. The molecule has 1 N–H and O–H groups in total. The van der Waals surface area contributed by atoms with Crippen molar-refractivity contribution >= 4 is 11.3 Å². The summed E-state index contributed by atoms with van der Waals surface area (Å²) in [6, 6.07) is 16.9. The van der Waals surface area contributed by atoms with Gasteiger partial charge in [-0.1, -0.05) is 35.9 Å². The molecule has 0 saturated carbocycles. The quantitative estimate of drug-likeness (QED) is 0.493. The molecule has 0 radical (unpaired) electrons. The third kappa shape index (κ3) is 4.52. The first-order valence-electron chi connectivity index (χ1n) is 10.2. The standard InChI is InChI=1S/C23H27N5OS/c1-17-9-11-18(12-10-17)21(22-24-25-26-28(22)23(2,3)4)27(15-19-7-5-13-29-19)16-20-8-6-14-30-20/h5-14,21H,15-16H2,1-4H3/p+1/t21-/m1/s1. The third-order valence-electron chi connectivity index (χ3n) is 5.17. The van der Waals surface area contributed by atoms with E-state index in [9.17, 15) is 0 Å². The van der Waals surface area contributed by atoms with E-state index in [0.717, 1.165) is 24.7 Å². The molecule has 4 aromatic rings. The molecule has 0 saturated heterocycles. The fourth-order valence-electron chi connectivity index (χ4n) is 3.72. The van der Waals surface area contributed by atoms with E-state index in [2.05, 4.69) is 85.0 Å². The lowest BCUT2D eigenvalue weighted by molar-refractivity contribution is -0.953. The van der Waals surface area contributed by atoms with Gasteiger partial charge in [0, 0.05) is 5.56 Å². The smallest absolute Gasteiger partial charge is 0.214 e. The summed E-state index contributed by atoms with van der Waals surface area (Å²) in [5.41, 5.74) is 2.21. The number of rotatable bonds is 7. The highest BCUT2D eigenvalue weighted by atomic mass is 32.1. The van der Waals surface area contributed by atoms with Crippen molar-refractivity contribution in [2.24, 2.45) is 0 Å². The van der Waals surface area contributed by atoms with Crippen LogP contribution in [0.2, 0.25) is 0 Å². The van der Waals surface area contributed by atoms with Gasteiger partial charge >= 0.3 is 0 Å². The lowest BCUT2D eigenvalue weighted by atomic mass is 10.0. The van der Waals surface area contributed by atoms with Crippen LogP contribution in [0.4, 0.5) is 0 Å². The Morgan fingerprint density at radius 1 is 1.07 bits per heavy atom. The SMILES string of the molecule is Cc1ccc([C@H](c2nnnn2C(C)(C)C)[NH+](Cc2ccco2)Cc2cccs2)cc1. The molecule has 0 aliphatic heterocycles. The molecule has 0 aliphatic carbocycles. The van der Waals surface area contributed by atoms with Crippen LogP contribution < -0.4 is 4.90 Å². The molecular formula is C23H28N5OS+. The third-order valence-corrected chi connectivity index (χ3v) is 6.05. The van der Waals surface area contributed by atoms with Crippen molar-refractivity contribution in [2.75, 3.05) is 0 Å². The van der Waals surface area contributed by atoms with E-state index >= 15 is 0 Å². The molecule has 1 unspecified atom stereocenters. The molecule has 3 heterocycles. The van der Waals surface area contributed by atoms with Crippen molar-refractivity contribution in [3.05, 3.63) is 87.8 Å². The number of quaternary nitrogens is 1. The van der Waals surface area contributed by atoms with E-state index in [0.29, 0.717) is 0 Å². The van der Waals surface area contributed by atoms with Crippen LogP contribution in [0.15, 0.2) is 64.6 Å². The summed E-state index contributed by atoms with van der Waals surface area (Å²) in [4.78, 5) is 2.64. The molecule has 3 aromatic heterocycles. The lowest BCUT2D eigenvalue weighted by Crippen LogP contribution is -3.10. The van der Waals surface area contributed by atoms with E-state index in [1.807, 2.05) is 16.8 Å². The van der Waals surface area contributed by atoms with E-state index in [1.165, 1.54) is 20.9 Å². The highest BCUT2D eigenvalue weighted by molar-refractivity contribution is 7.09. The first kappa shape index (κ1) is 20.5. The minimum Gasteiger partial charge on any atom is -0.463 e. The summed E-state index contributed by atoms with van der Waals surface area (Å²) < 4.78 is 7.68. The number of hydrogen-bond acceptors (Lipinski definition) is 5. The second-order valence-corrected chi connectivity index (χ2v) is 9.67. The Hall–Kier alpha value is -2.77. The van der Waals surface area contributed by atoms with Crippen LogP contribution in [0, 0.1) is 6.92 Å². The van der Waals surface area contributed by atoms with Gasteiger partial charge < -0.3 is 9.32 Å². The lowest BCUT2D eigenvalue weighted by Gasteiger charge is -2.30. The fraction of sp³-hybridized carbons (Fsp3) is 0.348. The molecule has 2 atom stereocenters. The van der Waals surface area contributed by atoms with Crippen molar-refractivity contribution in [3.63, 3.8) is 0 Å². The summed E-state index contributed by atoms with van der Waals surface area (Å²) in [7, 11) is 0. The number of furan rings is 1. The van der Waals surface area contributed by atoms with Gasteiger partial charge in [-0.05, 0) is 61.7 Å². The number of aromatic nitrogens is 4. The predicted octanol–water partition coefficient (Wildman–Crippen LogP) is 3.77. The number of tetrazole rings is 1. The van der Waals surface area contributed by atoms with Crippen molar-refractivity contribution < 1.29 is 9.32 Å². The highest BCUT2D eigenvalue weighted by Crippen LogP contribution is 2.23. The molecule has 0 bridgehead atoms. The summed E-state index contributed by atoms with van der Waals surface area (Å²) in [5, 5.41) is 15.0. The average Bonchev–Trinajstić information content (AvgIpc) is 3.45. The Labute approximate surface area is 181 Å². The van der Waals surface area contributed by atoms with Gasteiger partial charge in [0.2, 0.25) is 5.82 Å². The Morgan fingerprint density at radius 2 is 1.87 bits per heavy atom. The second kappa shape index (κ2) is 8.53. The number of hydrogen-bond donors (Lipinski definition) is 1. The Bertz CT molecular complexity index is 1010. The summed E-state index contributed by atoms with van der Waals surface area (Å²) in [6.45, 7) is 10.1. The Balaban J connectivity index is 1.82. The number of nitrogens with zero attached hydrogens (tertiary/aromatic N) is 4. The molecule has 30 heavy (non-hydrogen) atoms. The van der Waals surface area contributed by atoms with Gasteiger partial charge in [0.25, 0.3) is 0 Å². The summed E-state index contributed by atoms with van der Waals surface area (Å²) in [6.07, 6.45) is 1.73. The summed E-state index contributed by atoms with van der Waals surface area (Å²) >= 11 is 1.78. The maximum atomic E-state index is 5.73. The first-order chi connectivity index (χ1) is 14.4. The molecule has 0 aliphatic rings. The minimum absolute atomic E-state index is 0.0352. The van der Waals surface area contributed by atoms with E-state index in [1.54, 1.807) is 17.6 Å². The van der Waals surface area contributed by atoms with E-state index in [4.69, 9.17) is 4.42 Å². The van der Waals surface area contributed by atoms with Gasteiger partial charge in [0.15, 0.2) is 11.8 Å². The van der Waals surface area contributed by atoms with Gasteiger partial charge in [-0.25, -0.2) is 4.68 Å². The van der Waals surface area contributed by atoms with Crippen molar-refractivity contribution in [3.8, 4) is 0 Å². The second-order valence-electron chi connectivity index (χ2n) is 8.63. The highest BCUT2D eigenvalue weighted by Gasteiger charge is 2.35. The fourth-order valence-corrected chi connectivity index (χ4v) is 4.48. The predicted molar refractivity (Wildman–Crippen MR) is 117 cm³/mol. The van der Waals surface area contributed by atoms with Crippen LogP contribution in [0.3, 0.4) is 0 Å². The van der Waals surface area contributed by atoms with Crippen LogP contribution in [0.1, 0.15) is 54.4 Å². The van der Waals surface area contributed by atoms with Crippen molar-refractivity contribution in [2.45, 2.75) is 52.4 Å². The number of nitrogens with one attached hydrogen (secondary N) is 1. The molecule has 4 rings (SSSR count). The molecule has 6 nitrogen and oxygen atoms in total. The molecule has 1 aromatic carbocycles. The van der Waals surface area contributed by atoms with Gasteiger partial charge in [-0.15, -0.1) is 16.4 Å². The van der Waals surface area contributed by atoms with Crippen LogP contribution >= 0.6 is 11.3 Å². The van der Waals surface area contributed by atoms with E-state index in [-0.39, 0.29) is 11.6 Å². The maximum Gasteiger partial charge on any atom is 0.214 e. The van der Waals surface area contributed by atoms with Crippen molar-refractivity contribution in [1.82, 2.24) is 20.2 Å². The van der Waals surface area contributed by atoms with Crippen molar-refractivity contribution in [1.29, 1.82) is 0 Å². The average molecular weight is 423 g/mol.